The van der Waals surface area contributed by atoms with Crippen LogP contribution in [0.5, 0.6) is 17.2 Å². The van der Waals surface area contributed by atoms with Crippen molar-refractivity contribution >= 4 is 5.69 Å². The van der Waals surface area contributed by atoms with E-state index in [1.165, 1.54) is 5.56 Å². The molecule has 0 radical (unpaired) electrons. The predicted octanol–water partition coefficient (Wildman–Crippen LogP) is 3.37. The number of benzene rings is 3. The SMILES string of the molecule is COc1ccccc1N1CCN([C@H](c2ccccc2)c2nnnn2Cc2ccc3c(c2)OCO3)CC1. The monoisotopic (exact) mass is 484 g/mol. The molecule has 184 valence electrons. The van der Waals surface area contributed by atoms with E-state index in [1.54, 1.807) is 7.11 Å². The number of aromatic nitrogens is 4. The molecule has 3 heterocycles. The van der Waals surface area contributed by atoms with Gasteiger partial charge in [0, 0.05) is 26.2 Å². The Kier molecular flexibility index (Phi) is 6.13. The number of methoxy groups -OCH3 is 1. The van der Waals surface area contributed by atoms with Gasteiger partial charge in [0.2, 0.25) is 6.79 Å². The van der Waals surface area contributed by atoms with Crippen LogP contribution in [0.3, 0.4) is 0 Å². The lowest BCUT2D eigenvalue weighted by Gasteiger charge is -2.40. The number of tetrazole rings is 1. The average Bonchev–Trinajstić information content (AvgIpc) is 3.59. The topological polar surface area (TPSA) is 77.8 Å². The minimum atomic E-state index is -0.0602. The smallest absolute Gasteiger partial charge is 0.231 e. The lowest BCUT2D eigenvalue weighted by atomic mass is 10.0. The van der Waals surface area contributed by atoms with E-state index < -0.39 is 0 Å². The summed E-state index contributed by atoms with van der Waals surface area (Å²) in [6, 6.07) is 24.6. The first-order chi connectivity index (χ1) is 17.8. The average molecular weight is 485 g/mol. The van der Waals surface area contributed by atoms with Gasteiger partial charge >= 0.3 is 0 Å². The van der Waals surface area contributed by atoms with Crippen molar-refractivity contribution in [3.8, 4) is 17.2 Å². The van der Waals surface area contributed by atoms with Gasteiger partial charge < -0.3 is 19.1 Å². The van der Waals surface area contributed by atoms with E-state index in [0.717, 1.165) is 60.5 Å². The van der Waals surface area contributed by atoms with E-state index in [0.29, 0.717) is 6.54 Å². The highest BCUT2D eigenvalue weighted by molar-refractivity contribution is 5.58. The standard InChI is InChI=1S/C27H28N6O3/c1-34-23-10-6-5-9-22(23)31-13-15-32(16-14-31)26(21-7-3-2-4-8-21)27-28-29-30-33(27)18-20-11-12-24-25(17-20)36-19-35-24/h2-12,17,26H,13-16,18-19H2,1H3/t26-/m1/s1. The van der Waals surface area contributed by atoms with Crippen LogP contribution in [-0.2, 0) is 6.54 Å². The van der Waals surface area contributed by atoms with Crippen LogP contribution >= 0.6 is 0 Å². The Balaban J connectivity index is 1.26. The van der Waals surface area contributed by atoms with Crippen LogP contribution in [0.15, 0.2) is 72.8 Å². The van der Waals surface area contributed by atoms with Gasteiger partial charge in [-0.1, -0.05) is 48.5 Å². The van der Waals surface area contributed by atoms with Crippen LogP contribution in [-0.4, -0.2) is 65.2 Å². The Morgan fingerprint density at radius 2 is 1.67 bits per heavy atom. The zero-order valence-electron chi connectivity index (χ0n) is 20.2. The second kappa shape index (κ2) is 9.87. The summed E-state index contributed by atoms with van der Waals surface area (Å²) in [6.45, 7) is 4.30. The first-order valence-electron chi connectivity index (χ1n) is 12.1. The molecule has 0 unspecified atom stereocenters. The van der Waals surface area contributed by atoms with E-state index in [9.17, 15) is 0 Å². The number of piperazine rings is 1. The number of anilines is 1. The number of rotatable bonds is 7. The molecule has 0 amide bonds. The molecule has 2 aliphatic heterocycles. The van der Waals surface area contributed by atoms with Gasteiger partial charge in [0.1, 0.15) is 5.75 Å². The summed E-state index contributed by atoms with van der Waals surface area (Å²) in [5.74, 6) is 3.25. The Hall–Kier alpha value is -4.11. The van der Waals surface area contributed by atoms with Crippen molar-refractivity contribution in [2.45, 2.75) is 12.6 Å². The van der Waals surface area contributed by atoms with E-state index in [4.69, 9.17) is 14.2 Å². The van der Waals surface area contributed by atoms with Gasteiger partial charge in [-0.15, -0.1) is 5.10 Å². The molecular formula is C27H28N6O3. The van der Waals surface area contributed by atoms with E-state index in [2.05, 4.69) is 61.7 Å². The molecule has 1 fully saturated rings. The van der Waals surface area contributed by atoms with E-state index in [-0.39, 0.29) is 12.8 Å². The van der Waals surface area contributed by atoms with Crippen molar-refractivity contribution in [1.29, 1.82) is 0 Å². The molecule has 0 spiro atoms. The molecule has 1 saturated heterocycles. The molecule has 0 bridgehead atoms. The molecule has 1 aromatic heterocycles. The number of hydrogen-bond donors (Lipinski definition) is 0. The molecule has 0 saturated carbocycles. The Bertz CT molecular complexity index is 1320. The fraction of sp³-hybridized carbons (Fsp3) is 0.296. The summed E-state index contributed by atoms with van der Waals surface area (Å²) in [5.41, 5.74) is 3.36. The summed E-state index contributed by atoms with van der Waals surface area (Å²) in [5, 5.41) is 12.9. The number of para-hydroxylation sites is 2. The normalized spacial score (nSPS) is 16.2. The minimum absolute atomic E-state index is 0.0602. The molecule has 3 aromatic carbocycles. The highest BCUT2D eigenvalue weighted by atomic mass is 16.7. The molecular weight excluding hydrogens is 456 g/mol. The predicted molar refractivity (Wildman–Crippen MR) is 135 cm³/mol. The van der Waals surface area contributed by atoms with Crippen LogP contribution in [0.25, 0.3) is 0 Å². The molecule has 4 aromatic rings. The summed E-state index contributed by atoms with van der Waals surface area (Å²) < 4.78 is 18.5. The van der Waals surface area contributed by atoms with Crippen LogP contribution in [0.2, 0.25) is 0 Å². The van der Waals surface area contributed by atoms with Crippen molar-refractivity contribution in [2.75, 3.05) is 45.0 Å². The third-order valence-electron chi connectivity index (χ3n) is 6.79. The van der Waals surface area contributed by atoms with Gasteiger partial charge in [-0.3, -0.25) is 4.90 Å². The van der Waals surface area contributed by atoms with Crippen LogP contribution in [0.1, 0.15) is 23.0 Å². The Morgan fingerprint density at radius 1 is 0.889 bits per heavy atom. The highest BCUT2D eigenvalue weighted by Crippen LogP contribution is 2.34. The summed E-state index contributed by atoms with van der Waals surface area (Å²) in [7, 11) is 1.72. The lowest BCUT2D eigenvalue weighted by Crippen LogP contribution is -2.48. The molecule has 2 aliphatic rings. The summed E-state index contributed by atoms with van der Waals surface area (Å²) in [6.07, 6.45) is 0. The van der Waals surface area contributed by atoms with Gasteiger partial charge in [0.25, 0.3) is 0 Å². The first kappa shape index (κ1) is 22.4. The van der Waals surface area contributed by atoms with E-state index in [1.807, 2.05) is 41.1 Å². The highest BCUT2D eigenvalue weighted by Gasteiger charge is 2.31. The van der Waals surface area contributed by atoms with Crippen molar-refractivity contribution in [1.82, 2.24) is 25.1 Å². The molecule has 0 aliphatic carbocycles. The molecule has 6 rings (SSSR count). The second-order valence-electron chi connectivity index (χ2n) is 8.89. The third kappa shape index (κ3) is 4.33. The maximum atomic E-state index is 5.60. The number of fused-ring (bicyclic) bond motifs is 1. The maximum Gasteiger partial charge on any atom is 0.231 e. The van der Waals surface area contributed by atoms with Gasteiger partial charge in [-0.2, -0.15) is 0 Å². The molecule has 1 atom stereocenters. The first-order valence-corrected chi connectivity index (χ1v) is 12.1. The fourth-order valence-electron chi connectivity index (χ4n) is 5.00. The van der Waals surface area contributed by atoms with Gasteiger partial charge in [0.05, 0.1) is 25.4 Å². The third-order valence-corrected chi connectivity index (χ3v) is 6.79. The molecule has 0 N–H and O–H groups in total. The molecule has 9 nitrogen and oxygen atoms in total. The Morgan fingerprint density at radius 3 is 2.50 bits per heavy atom. The van der Waals surface area contributed by atoms with Crippen LogP contribution in [0, 0.1) is 0 Å². The van der Waals surface area contributed by atoms with Crippen molar-refractivity contribution in [2.24, 2.45) is 0 Å². The van der Waals surface area contributed by atoms with E-state index >= 15 is 0 Å². The number of ether oxygens (including phenoxy) is 3. The summed E-state index contributed by atoms with van der Waals surface area (Å²) >= 11 is 0. The largest absolute Gasteiger partial charge is 0.495 e. The molecule has 36 heavy (non-hydrogen) atoms. The van der Waals surface area contributed by atoms with Crippen molar-refractivity contribution < 1.29 is 14.2 Å². The quantitative estimate of drug-likeness (QED) is 0.395. The maximum absolute atomic E-state index is 5.60. The van der Waals surface area contributed by atoms with Gasteiger partial charge in [-0.25, -0.2) is 4.68 Å². The zero-order valence-corrected chi connectivity index (χ0v) is 20.2. The fourth-order valence-corrected chi connectivity index (χ4v) is 5.00. The van der Waals surface area contributed by atoms with Crippen molar-refractivity contribution in [3.05, 3.63) is 89.7 Å². The van der Waals surface area contributed by atoms with Gasteiger partial charge in [0.15, 0.2) is 17.3 Å². The number of nitrogens with zero attached hydrogens (tertiary/aromatic N) is 6. The second-order valence-corrected chi connectivity index (χ2v) is 8.89. The van der Waals surface area contributed by atoms with Gasteiger partial charge in [-0.05, 0) is 45.8 Å². The van der Waals surface area contributed by atoms with Crippen molar-refractivity contribution in [3.63, 3.8) is 0 Å². The molecule has 9 heteroatoms. The van der Waals surface area contributed by atoms with Crippen LogP contribution in [0.4, 0.5) is 5.69 Å². The minimum Gasteiger partial charge on any atom is -0.495 e. The Labute approximate surface area is 209 Å². The zero-order chi connectivity index (χ0) is 24.3. The number of hydrogen-bond acceptors (Lipinski definition) is 8. The summed E-state index contributed by atoms with van der Waals surface area (Å²) in [4.78, 5) is 4.84. The lowest BCUT2D eigenvalue weighted by molar-refractivity contribution is 0.174. The van der Waals surface area contributed by atoms with Crippen LogP contribution < -0.4 is 19.1 Å².